The van der Waals surface area contributed by atoms with Gasteiger partial charge in [-0.3, -0.25) is 10.1 Å². The molecule has 0 fully saturated rings. The largest absolute Gasteiger partial charge is 0.493 e. The Bertz CT molecular complexity index is 951. The summed E-state index contributed by atoms with van der Waals surface area (Å²) >= 11 is 2.58. The van der Waals surface area contributed by atoms with Crippen LogP contribution < -0.4 is 14.8 Å². The summed E-state index contributed by atoms with van der Waals surface area (Å²) in [5, 5.41) is 11.0. The highest BCUT2D eigenvalue weighted by Crippen LogP contribution is 2.30. The first-order valence-electron chi connectivity index (χ1n) is 8.37. The lowest BCUT2D eigenvalue weighted by molar-refractivity contribution is -0.122. The molecule has 0 aliphatic heterocycles. The fourth-order valence-corrected chi connectivity index (χ4v) is 3.98. The highest BCUT2D eigenvalue weighted by atomic mass is 32.2. The Labute approximate surface area is 170 Å². The lowest BCUT2D eigenvalue weighted by Gasteiger charge is -2.15. The maximum atomic E-state index is 13.7. The zero-order chi connectivity index (χ0) is 19.9. The molecule has 1 aromatic heterocycles. The summed E-state index contributed by atoms with van der Waals surface area (Å²) in [7, 11) is 1.54. The van der Waals surface area contributed by atoms with E-state index in [9.17, 15) is 9.18 Å². The van der Waals surface area contributed by atoms with Crippen molar-refractivity contribution in [2.75, 3.05) is 12.4 Å². The number of halogens is 1. The van der Waals surface area contributed by atoms with E-state index >= 15 is 0 Å². The Balaban J connectivity index is 1.55. The maximum Gasteiger partial charge on any atom is 0.266 e. The zero-order valence-electron chi connectivity index (χ0n) is 15.2. The van der Waals surface area contributed by atoms with Crippen molar-refractivity contribution in [2.24, 2.45) is 0 Å². The second kappa shape index (κ2) is 9.52. The molecule has 0 saturated heterocycles. The van der Waals surface area contributed by atoms with Crippen LogP contribution >= 0.6 is 23.1 Å². The number of hydrogen-bond donors (Lipinski definition) is 1. The number of carbonyl (C=O) groups is 1. The lowest BCUT2D eigenvalue weighted by atomic mass is 10.2. The predicted molar refractivity (Wildman–Crippen MR) is 108 cm³/mol. The molecule has 3 rings (SSSR count). The normalized spacial score (nSPS) is 11.7. The van der Waals surface area contributed by atoms with E-state index in [1.165, 1.54) is 36.3 Å². The molecule has 0 bridgehead atoms. The maximum absolute atomic E-state index is 13.7. The van der Waals surface area contributed by atoms with Gasteiger partial charge in [-0.2, -0.15) is 0 Å². The van der Waals surface area contributed by atoms with Crippen LogP contribution in [0.1, 0.15) is 12.5 Å². The molecule has 2 aromatic carbocycles. The molecule has 0 aliphatic rings. The first-order chi connectivity index (χ1) is 13.6. The topological polar surface area (TPSA) is 73.3 Å². The summed E-state index contributed by atoms with van der Waals surface area (Å²) in [4.78, 5) is 12.4. The van der Waals surface area contributed by atoms with E-state index in [1.807, 2.05) is 6.07 Å². The van der Waals surface area contributed by atoms with Crippen molar-refractivity contribution in [3.8, 4) is 11.5 Å². The number of methoxy groups -OCH3 is 1. The van der Waals surface area contributed by atoms with Gasteiger partial charge in [0.15, 0.2) is 21.9 Å². The van der Waals surface area contributed by atoms with E-state index in [0.29, 0.717) is 32.3 Å². The van der Waals surface area contributed by atoms with Crippen LogP contribution in [0.15, 0.2) is 52.9 Å². The molecule has 1 atom stereocenters. The highest BCUT2D eigenvalue weighted by molar-refractivity contribution is 8.00. The zero-order valence-corrected chi connectivity index (χ0v) is 16.8. The van der Waals surface area contributed by atoms with Gasteiger partial charge < -0.3 is 9.47 Å². The minimum Gasteiger partial charge on any atom is -0.493 e. The van der Waals surface area contributed by atoms with Crippen molar-refractivity contribution >= 4 is 34.1 Å². The molecular weight excluding hydrogens is 401 g/mol. The van der Waals surface area contributed by atoms with Gasteiger partial charge in [-0.05, 0) is 30.7 Å². The van der Waals surface area contributed by atoms with Crippen molar-refractivity contribution in [2.45, 2.75) is 23.1 Å². The van der Waals surface area contributed by atoms with Crippen LogP contribution in [0.3, 0.4) is 0 Å². The fraction of sp³-hybridized carbons (Fsp3) is 0.211. The van der Waals surface area contributed by atoms with Crippen LogP contribution in [0.4, 0.5) is 9.52 Å². The van der Waals surface area contributed by atoms with Gasteiger partial charge in [0.2, 0.25) is 5.13 Å². The molecule has 1 heterocycles. The van der Waals surface area contributed by atoms with Gasteiger partial charge in [-0.25, -0.2) is 4.39 Å². The van der Waals surface area contributed by atoms with E-state index in [-0.39, 0.29) is 11.7 Å². The molecule has 1 unspecified atom stereocenters. The Morgan fingerprint density at radius 2 is 1.89 bits per heavy atom. The number of nitrogens with zero attached hydrogens (tertiary/aromatic N) is 2. The molecule has 0 aliphatic carbocycles. The van der Waals surface area contributed by atoms with Gasteiger partial charge in [0.05, 0.1) is 7.11 Å². The Morgan fingerprint density at radius 3 is 2.64 bits per heavy atom. The molecule has 1 N–H and O–H groups in total. The molecule has 1 amide bonds. The number of amides is 1. The third kappa shape index (κ3) is 5.20. The lowest BCUT2D eigenvalue weighted by Crippen LogP contribution is -2.30. The number of hydrogen-bond acceptors (Lipinski definition) is 7. The predicted octanol–water partition coefficient (Wildman–Crippen LogP) is 4.38. The number of rotatable bonds is 8. The van der Waals surface area contributed by atoms with Gasteiger partial charge in [-0.15, -0.1) is 10.2 Å². The number of thioether (sulfide) groups is 1. The van der Waals surface area contributed by atoms with Gasteiger partial charge in [0.25, 0.3) is 5.91 Å². The molecule has 0 spiro atoms. The summed E-state index contributed by atoms with van der Waals surface area (Å²) in [6.07, 6.45) is -0.755. The van der Waals surface area contributed by atoms with E-state index in [0.717, 1.165) is 0 Å². The van der Waals surface area contributed by atoms with Crippen LogP contribution in [0, 0.1) is 5.82 Å². The van der Waals surface area contributed by atoms with Crippen molar-refractivity contribution in [3.63, 3.8) is 0 Å². The minimum absolute atomic E-state index is 0.254. The van der Waals surface area contributed by atoms with Crippen molar-refractivity contribution in [3.05, 3.63) is 59.9 Å². The standard InChI is InChI=1S/C19H18FN3O3S2/c1-12(26-16-10-6-5-9-15(16)25-2)17(24)21-18-22-23-19(28-18)27-11-13-7-3-4-8-14(13)20/h3-10,12H,11H2,1-2H3,(H,21,22,24). The molecule has 0 radical (unpaired) electrons. The van der Waals surface area contributed by atoms with Crippen molar-refractivity contribution in [1.29, 1.82) is 0 Å². The Morgan fingerprint density at radius 1 is 1.18 bits per heavy atom. The van der Waals surface area contributed by atoms with E-state index in [1.54, 1.807) is 43.3 Å². The fourth-order valence-electron chi connectivity index (χ4n) is 2.24. The van der Waals surface area contributed by atoms with Crippen LogP contribution in [-0.2, 0) is 10.5 Å². The quantitative estimate of drug-likeness (QED) is 0.431. The number of ether oxygens (including phenoxy) is 2. The highest BCUT2D eigenvalue weighted by Gasteiger charge is 2.18. The second-order valence-electron chi connectivity index (χ2n) is 5.65. The van der Waals surface area contributed by atoms with Crippen LogP contribution in [0.2, 0.25) is 0 Å². The van der Waals surface area contributed by atoms with Crippen LogP contribution in [0.5, 0.6) is 11.5 Å². The molecule has 28 heavy (non-hydrogen) atoms. The molecule has 0 saturated carbocycles. The minimum atomic E-state index is -0.755. The average Bonchev–Trinajstić information content (AvgIpc) is 3.15. The van der Waals surface area contributed by atoms with Gasteiger partial charge >= 0.3 is 0 Å². The summed E-state index contributed by atoms with van der Waals surface area (Å²) < 4.78 is 25.2. The van der Waals surface area contributed by atoms with Crippen LogP contribution in [0.25, 0.3) is 0 Å². The van der Waals surface area contributed by atoms with Crippen LogP contribution in [-0.4, -0.2) is 29.3 Å². The third-order valence-corrected chi connectivity index (χ3v) is 5.71. The van der Waals surface area contributed by atoms with Crippen molar-refractivity contribution < 1.29 is 18.7 Å². The van der Waals surface area contributed by atoms with Gasteiger partial charge in [0, 0.05) is 5.75 Å². The summed E-state index contributed by atoms with van der Waals surface area (Å²) in [5.41, 5.74) is 0.590. The van der Waals surface area contributed by atoms with E-state index in [2.05, 4.69) is 15.5 Å². The first-order valence-corrected chi connectivity index (χ1v) is 10.2. The SMILES string of the molecule is COc1ccccc1OC(C)C(=O)Nc1nnc(SCc2ccccc2F)s1. The number of para-hydroxylation sites is 2. The second-order valence-corrected chi connectivity index (χ2v) is 7.85. The van der Waals surface area contributed by atoms with Gasteiger partial charge in [-0.1, -0.05) is 53.4 Å². The number of benzene rings is 2. The Hall–Kier alpha value is -2.65. The number of aromatic nitrogens is 2. The summed E-state index contributed by atoms with van der Waals surface area (Å²) in [5.74, 6) is 0.849. The summed E-state index contributed by atoms with van der Waals surface area (Å²) in [6.45, 7) is 1.64. The molecule has 6 nitrogen and oxygen atoms in total. The number of nitrogens with one attached hydrogen (secondary N) is 1. The molecular formula is C19H18FN3O3S2. The summed E-state index contributed by atoms with van der Waals surface area (Å²) in [6, 6.07) is 13.7. The number of carbonyl (C=O) groups excluding carboxylic acids is 1. The monoisotopic (exact) mass is 419 g/mol. The average molecular weight is 420 g/mol. The van der Waals surface area contributed by atoms with E-state index < -0.39 is 6.10 Å². The first kappa shape index (κ1) is 20.1. The third-order valence-electron chi connectivity index (χ3n) is 3.69. The van der Waals surface area contributed by atoms with Crippen molar-refractivity contribution in [1.82, 2.24) is 10.2 Å². The molecule has 9 heteroatoms. The van der Waals surface area contributed by atoms with Gasteiger partial charge in [0.1, 0.15) is 5.82 Å². The smallest absolute Gasteiger partial charge is 0.266 e. The van der Waals surface area contributed by atoms with E-state index in [4.69, 9.17) is 9.47 Å². The molecule has 3 aromatic rings. The number of anilines is 1. The molecule has 146 valence electrons. The Kier molecular flexibility index (Phi) is 6.83.